The van der Waals surface area contributed by atoms with Crippen LogP contribution in [0.4, 0.5) is 4.39 Å². The fourth-order valence-corrected chi connectivity index (χ4v) is 5.00. The van der Waals surface area contributed by atoms with E-state index >= 15 is 0 Å². The Balaban J connectivity index is 1.33. The Labute approximate surface area is 197 Å². The zero-order valence-electron chi connectivity index (χ0n) is 19.1. The molecule has 1 aromatic carbocycles. The number of aromatic nitrogens is 3. The summed E-state index contributed by atoms with van der Waals surface area (Å²) in [6.45, 7) is 0.896. The van der Waals surface area contributed by atoms with Crippen molar-refractivity contribution < 1.29 is 28.9 Å². The predicted molar refractivity (Wildman–Crippen MR) is 120 cm³/mol. The molecule has 0 spiro atoms. The number of amides is 1. The maximum Gasteiger partial charge on any atom is 0.311 e. The Kier molecular flexibility index (Phi) is 7.45. The molecule has 1 aromatic heterocycles. The van der Waals surface area contributed by atoms with Gasteiger partial charge in [-0.25, -0.2) is 9.07 Å². The average Bonchev–Trinajstić information content (AvgIpc) is 3.45. The third-order valence-corrected chi connectivity index (χ3v) is 6.84. The third kappa shape index (κ3) is 5.55. The molecular weight excluding hydrogens is 443 g/mol. The Morgan fingerprint density at radius 3 is 2.85 bits per heavy atom. The monoisotopic (exact) mass is 474 g/mol. The molecule has 9 nitrogen and oxygen atoms in total. The fraction of sp³-hybridized carbons (Fsp3) is 0.583. The molecule has 2 fully saturated rings. The highest BCUT2D eigenvalue weighted by Gasteiger charge is 2.44. The van der Waals surface area contributed by atoms with E-state index in [9.17, 15) is 24.2 Å². The second kappa shape index (κ2) is 10.5. The van der Waals surface area contributed by atoms with Crippen molar-refractivity contribution in [2.24, 2.45) is 5.41 Å². The number of nitrogens with zero attached hydrogens (tertiary/aromatic N) is 4. The summed E-state index contributed by atoms with van der Waals surface area (Å²) in [5, 5.41) is 28.5. The van der Waals surface area contributed by atoms with Crippen molar-refractivity contribution in [2.75, 3.05) is 19.7 Å². The summed E-state index contributed by atoms with van der Waals surface area (Å²) in [7, 11) is 0. The number of likely N-dealkylation sites (tertiary alicyclic amines) is 1. The number of carbonyl (C=O) groups is 2. The number of piperidine rings is 1. The van der Waals surface area contributed by atoms with E-state index in [4.69, 9.17) is 4.74 Å². The molecular formula is C24H31FN4O5. The van der Waals surface area contributed by atoms with Crippen molar-refractivity contribution in [3.63, 3.8) is 0 Å². The maximum absolute atomic E-state index is 13.2. The summed E-state index contributed by atoms with van der Waals surface area (Å²) in [6, 6.07) is 5.71. The van der Waals surface area contributed by atoms with Crippen LogP contribution in [-0.2, 0) is 16.0 Å². The molecule has 1 amide bonds. The molecule has 34 heavy (non-hydrogen) atoms. The highest BCUT2D eigenvalue weighted by Crippen LogP contribution is 2.35. The summed E-state index contributed by atoms with van der Waals surface area (Å²) in [4.78, 5) is 26.7. The van der Waals surface area contributed by atoms with E-state index in [1.807, 2.05) is 0 Å². The van der Waals surface area contributed by atoms with Crippen LogP contribution in [0.1, 0.15) is 56.7 Å². The van der Waals surface area contributed by atoms with Crippen molar-refractivity contribution in [3.8, 4) is 5.75 Å². The summed E-state index contributed by atoms with van der Waals surface area (Å²) < 4.78 is 20.4. The van der Waals surface area contributed by atoms with Crippen molar-refractivity contribution >= 4 is 11.9 Å². The molecule has 0 bridgehead atoms. The van der Waals surface area contributed by atoms with Crippen LogP contribution in [0.3, 0.4) is 0 Å². The highest BCUT2D eigenvalue weighted by molar-refractivity contribution is 5.80. The lowest BCUT2D eigenvalue weighted by Crippen LogP contribution is -2.51. The van der Waals surface area contributed by atoms with Gasteiger partial charge >= 0.3 is 5.97 Å². The molecule has 2 N–H and O–H groups in total. The van der Waals surface area contributed by atoms with Crippen molar-refractivity contribution in [1.82, 2.24) is 19.9 Å². The van der Waals surface area contributed by atoms with Crippen LogP contribution in [0, 0.1) is 11.2 Å². The number of benzene rings is 1. The predicted octanol–water partition coefficient (Wildman–Crippen LogP) is 2.60. The van der Waals surface area contributed by atoms with Gasteiger partial charge in [-0.3, -0.25) is 9.59 Å². The normalized spacial score (nSPS) is 24.8. The number of aliphatic hydroxyl groups is 1. The third-order valence-electron chi connectivity index (χ3n) is 6.84. The molecule has 0 radical (unpaired) electrons. The average molecular weight is 475 g/mol. The van der Waals surface area contributed by atoms with Crippen LogP contribution in [0.2, 0.25) is 0 Å². The summed E-state index contributed by atoms with van der Waals surface area (Å²) >= 11 is 0. The number of aliphatic carboxylic acids is 1. The molecule has 184 valence electrons. The molecule has 2 heterocycles. The van der Waals surface area contributed by atoms with E-state index in [1.54, 1.807) is 27.9 Å². The van der Waals surface area contributed by atoms with E-state index < -0.39 is 17.5 Å². The number of aliphatic hydroxyl groups excluding tert-OH is 1. The minimum Gasteiger partial charge on any atom is -0.493 e. The lowest BCUT2D eigenvalue weighted by Gasteiger charge is -2.39. The fourth-order valence-electron chi connectivity index (χ4n) is 5.00. The zero-order valence-corrected chi connectivity index (χ0v) is 19.1. The van der Waals surface area contributed by atoms with Gasteiger partial charge in [-0.05, 0) is 50.7 Å². The van der Waals surface area contributed by atoms with Crippen LogP contribution in [0.25, 0.3) is 0 Å². The van der Waals surface area contributed by atoms with E-state index in [-0.39, 0.29) is 43.8 Å². The first-order valence-electron chi connectivity index (χ1n) is 11.8. The van der Waals surface area contributed by atoms with Gasteiger partial charge in [0.1, 0.15) is 11.6 Å². The first-order chi connectivity index (χ1) is 16.4. The number of halogens is 1. The second-order valence-electron chi connectivity index (χ2n) is 9.35. The van der Waals surface area contributed by atoms with E-state index in [0.29, 0.717) is 37.3 Å². The number of rotatable bonds is 9. The Bertz CT molecular complexity index is 1010. The topological polar surface area (TPSA) is 118 Å². The smallest absolute Gasteiger partial charge is 0.311 e. The molecule has 1 aliphatic heterocycles. The minimum atomic E-state index is -1.12. The van der Waals surface area contributed by atoms with Gasteiger partial charge in [0.05, 0.1) is 29.9 Å². The molecule has 1 saturated carbocycles. The van der Waals surface area contributed by atoms with Crippen LogP contribution in [0.15, 0.2) is 30.5 Å². The lowest BCUT2D eigenvalue weighted by atomic mass is 9.76. The van der Waals surface area contributed by atoms with Gasteiger partial charge in [0.2, 0.25) is 5.91 Å². The number of carboxylic acids is 1. The van der Waals surface area contributed by atoms with Crippen molar-refractivity contribution in [2.45, 2.75) is 63.5 Å². The minimum absolute atomic E-state index is 0.116. The second-order valence-corrected chi connectivity index (χ2v) is 9.35. The molecule has 1 aliphatic carbocycles. The number of carbonyl (C=O) groups excluding carboxylic acids is 1. The number of ether oxygens (including phenoxy) is 1. The van der Waals surface area contributed by atoms with Crippen LogP contribution in [0.5, 0.6) is 5.75 Å². The molecule has 2 aromatic rings. The molecule has 2 aliphatic rings. The molecule has 4 rings (SSSR count). The molecule has 10 heteroatoms. The standard InChI is InChI=1S/C24H31FN4O5/c25-17-5-1-6-19(13-17)34-12-3-9-22(31)28-11-4-10-24(16-28,23(32)33)14-18-15-29(27-26-18)20-7-2-8-21(20)30/h1,5-6,13,15,20-21,30H,2-4,7-12,14,16H2,(H,32,33)/t20-,21-,24?/m1/s1. The van der Waals surface area contributed by atoms with E-state index in [1.165, 1.54) is 12.1 Å². The van der Waals surface area contributed by atoms with Gasteiger partial charge in [-0.15, -0.1) is 5.10 Å². The Morgan fingerprint density at radius 1 is 1.26 bits per heavy atom. The quantitative estimate of drug-likeness (QED) is 0.537. The van der Waals surface area contributed by atoms with Gasteiger partial charge < -0.3 is 19.8 Å². The van der Waals surface area contributed by atoms with Crippen LogP contribution >= 0.6 is 0 Å². The number of hydrogen-bond donors (Lipinski definition) is 2. The van der Waals surface area contributed by atoms with Crippen molar-refractivity contribution in [3.05, 3.63) is 42.0 Å². The van der Waals surface area contributed by atoms with Gasteiger partial charge in [0.15, 0.2) is 0 Å². The maximum atomic E-state index is 13.2. The number of hydrogen-bond acceptors (Lipinski definition) is 6. The Morgan fingerprint density at radius 2 is 2.12 bits per heavy atom. The van der Waals surface area contributed by atoms with Gasteiger partial charge in [-0.1, -0.05) is 11.3 Å². The van der Waals surface area contributed by atoms with E-state index in [0.717, 1.165) is 19.3 Å². The first kappa shape index (κ1) is 24.1. The number of carboxylic acid groups (broad SMARTS) is 1. The first-order valence-corrected chi connectivity index (χ1v) is 11.8. The van der Waals surface area contributed by atoms with Gasteiger partial charge in [0.25, 0.3) is 0 Å². The molecule has 1 saturated heterocycles. The zero-order chi connectivity index (χ0) is 24.1. The van der Waals surface area contributed by atoms with Gasteiger partial charge in [0, 0.05) is 38.2 Å². The summed E-state index contributed by atoms with van der Waals surface area (Å²) in [5.74, 6) is -1.04. The lowest BCUT2D eigenvalue weighted by molar-refractivity contribution is -0.155. The van der Waals surface area contributed by atoms with Crippen LogP contribution in [-0.4, -0.2) is 67.8 Å². The summed E-state index contributed by atoms with van der Waals surface area (Å²) in [5.41, 5.74) is -0.569. The summed E-state index contributed by atoms with van der Waals surface area (Å²) in [6.07, 6.45) is 5.63. The van der Waals surface area contributed by atoms with E-state index in [2.05, 4.69) is 10.3 Å². The largest absolute Gasteiger partial charge is 0.493 e. The van der Waals surface area contributed by atoms with Crippen molar-refractivity contribution in [1.29, 1.82) is 0 Å². The molecule has 1 unspecified atom stereocenters. The molecule has 3 atom stereocenters. The SMILES string of the molecule is O=C(CCCOc1cccc(F)c1)N1CCCC(Cc2cn([C@@H]3CCC[C@H]3O)nn2)(C(=O)O)C1. The van der Waals surface area contributed by atoms with Crippen LogP contribution < -0.4 is 4.74 Å². The Hall–Kier alpha value is -3.01. The van der Waals surface area contributed by atoms with Gasteiger partial charge in [-0.2, -0.15) is 0 Å². The highest BCUT2D eigenvalue weighted by atomic mass is 19.1.